The maximum Gasteiger partial charge on any atom is 0.406 e. The summed E-state index contributed by atoms with van der Waals surface area (Å²) in [5.74, 6) is -3.88. The van der Waals surface area contributed by atoms with Gasteiger partial charge in [-0.1, -0.05) is 12.1 Å². The Hall–Kier alpha value is -2.91. The molecule has 10 heteroatoms. The molecule has 0 aromatic heterocycles. The van der Waals surface area contributed by atoms with Crippen LogP contribution >= 0.6 is 0 Å². The van der Waals surface area contributed by atoms with Gasteiger partial charge in [0.15, 0.2) is 0 Å². The fraction of sp³-hybridized carbons (Fsp3) is 0.333. The minimum absolute atomic E-state index is 0.189. The number of alkyl halides is 3. The van der Waals surface area contributed by atoms with E-state index in [9.17, 15) is 32.3 Å². The molecule has 1 aromatic rings. The third-order valence-corrected chi connectivity index (χ3v) is 3.65. The van der Waals surface area contributed by atoms with Gasteiger partial charge in [-0.05, 0) is 31.0 Å². The minimum Gasteiger partial charge on any atom is -0.324 e. The van der Waals surface area contributed by atoms with Gasteiger partial charge in [0.1, 0.15) is 13.1 Å². The topological polar surface area (TPSA) is 86.8 Å². The largest absolute Gasteiger partial charge is 0.406 e. The molecular formula is C15H14F3N3O4. The highest BCUT2D eigenvalue weighted by molar-refractivity contribution is 6.45. The van der Waals surface area contributed by atoms with E-state index in [2.05, 4.69) is 5.32 Å². The van der Waals surface area contributed by atoms with Crippen molar-refractivity contribution in [1.82, 2.24) is 9.80 Å². The molecule has 1 saturated heterocycles. The molecule has 1 aliphatic heterocycles. The van der Waals surface area contributed by atoms with Gasteiger partial charge in [-0.3, -0.25) is 14.4 Å². The summed E-state index contributed by atoms with van der Waals surface area (Å²) in [5, 5.41) is 2.46. The van der Waals surface area contributed by atoms with Gasteiger partial charge in [0.2, 0.25) is 5.91 Å². The summed E-state index contributed by atoms with van der Waals surface area (Å²) in [5.41, 5.74) is 2.07. The van der Waals surface area contributed by atoms with E-state index in [1.54, 1.807) is 19.1 Å². The molecule has 0 spiro atoms. The van der Waals surface area contributed by atoms with Crippen LogP contribution in [-0.4, -0.2) is 52.8 Å². The summed E-state index contributed by atoms with van der Waals surface area (Å²) in [6.07, 6.45) is -4.84. The molecule has 5 amide bonds. The normalized spacial score (nSPS) is 15.2. The Bertz CT molecular complexity index is 761. The molecule has 1 fully saturated rings. The SMILES string of the molecule is Cc1cccc(NC(=O)CN2C(=O)C(=O)N(CC(F)(F)F)C2=O)c1C. The predicted octanol–water partition coefficient (Wildman–Crippen LogP) is 1.60. The standard InChI is InChI=1S/C15H14F3N3O4/c1-8-4-3-5-10(9(8)2)19-11(22)6-20-12(23)13(24)21(14(20)25)7-15(16,17)18/h3-5H,6-7H2,1-2H3,(H,19,22). The molecule has 1 aliphatic rings. The van der Waals surface area contributed by atoms with E-state index < -0.39 is 43.0 Å². The summed E-state index contributed by atoms with van der Waals surface area (Å²) in [7, 11) is 0. The first-order chi connectivity index (χ1) is 11.5. The van der Waals surface area contributed by atoms with E-state index in [4.69, 9.17) is 0 Å². The van der Waals surface area contributed by atoms with Gasteiger partial charge in [-0.25, -0.2) is 14.6 Å². The van der Waals surface area contributed by atoms with E-state index >= 15 is 0 Å². The van der Waals surface area contributed by atoms with E-state index in [0.29, 0.717) is 5.69 Å². The fourth-order valence-electron chi connectivity index (χ4n) is 2.23. The van der Waals surface area contributed by atoms with Crippen LogP contribution in [0, 0.1) is 13.8 Å². The van der Waals surface area contributed by atoms with Crippen LogP contribution in [0.1, 0.15) is 11.1 Å². The molecule has 7 nitrogen and oxygen atoms in total. The zero-order valence-electron chi connectivity index (χ0n) is 13.3. The number of aryl methyl sites for hydroxylation is 1. The van der Waals surface area contributed by atoms with E-state index in [0.717, 1.165) is 11.1 Å². The molecular weight excluding hydrogens is 343 g/mol. The quantitative estimate of drug-likeness (QED) is 0.655. The highest BCUT2D eigenvalue weighted by Gasteiger charge is 2.49. The molecule has 1 N–H and O–H groups in total. The molecule has 0 aliphatic carbocycles. The van der Waals surface area contributed by atoms with Crippen molar-refractivity contribution < 1.29 is 32.3 Å². The second-order valence-corrected chi connectivity index (χ2v) is 5.48. The van der Waals surface area contributed by atoms with Crippen LogP contribution in [0.2, 0.25) is 0 Å². The number of urea groups is 1. The Morgan fingerprint density at radius 3 is 2.28 bits per heavy atom. The number of carbonyl (C=O) groups is 4. The third kappa shape index (κ3) is 3.95. The van der Waals surface area contributed by atoms with Crippen molar-refractivity contribution in [2.45, 2.75) is 20.0 Å². The first-order valence-corrected chi connectivity index (χ1v) is 7.11. The van der Waals surface area contributed by atoms with Crippen molar-refractivity contribution in [3.05, 3.63) is 29.3 Å². The number of carbonyl (C=O) groups excluding carboxylic acids is 4. The van der Waals surface area contributed by atoms with Crippen LogP contribution in [0.25, 0.3) is 0 Å². The van der Waals surface area contributed by atoms with Crippen molar-refractivity contribution in [3.63, 3.8) is 0 Å². The zero-order chi connectivity index (χ0) is 18.9. The average molecular weight is 357 g/mol. The van der Waals surface area contributed by atoms with Crippen LogP contribution in [0.4, 0.5) is 23.7 Å². The summed E-state index contributed by atoms with van der Waals surface area (Å²) in [6, 6.07) is 3.61. The molecule has 0 saturated carbocycles. The van der Waals surface area contributed by atoms with Crippen LogP contribution < -0.4 is 5.32 Å². The number of nitrogens with one attached hydrogen (secondary N) is 1. The van der Waals surface area contributed by atoms with Crippen molar-refractivity contribution >= 4 is 29.4 Å². The lowest BCUT2D eigenvalue weighted by molar-refractivity contribution is -0.156. The number of nitrogens with zero attached hydrogens (tertiary/aromatic N) is 2. The highest BCUT2D eigenvalue weighted by Crippen LogP contribution is 2.22. The van der Waals surface area contributed by atoms with Gasteiger partial charge in [-0.15, -0.1) is 0 Å². The first-order valence-electron chi connectivity index (χ1n) is 7.11. The summed E-state index contributed by atoms with van der Waals surface area (Å²) in [6.45, 7) is 0.814. The minimum atomic E-state index is -4.84. The number of halogens is 3. The smallest absolute Gasteiger partial charge is 0.324 e. The van der Waals surface area contributed by atoms with Gasteiger partial charge in [0.05, 0.1) is 0 Å². The summed E-state index contributed by atoms with van der Waals surface area (Å²) in [4.78, 5) is 47.0. The molecule has 2 rings (SSSR count). The van der Waals surface area contributed by atoms with Crippen molar-refractivity contribution in [2.24, 2.45) is 0 Å². The maximum atomic E-state index is 12.4. The summed E-state index contributed by atoms with van der Waals surface area (Å²) >= 11 is 0. The number of rotatable bonds is 4. The molecule has 1 aromatic carbocycles. The Balaban J connectivity index is 2.10. The highest BCUT2D eigenvalue weighted by atomic mass is 19.4. The van der Waals surface area contributed by atoms with Gasteiger partial charge >= 0.3 is 24.0 Å². The number of hydrogen-bond acceptors (Lipinski definition) is 4. The van der Waals surface area contributed by atoms with Crippen LogP contribution in [0.15, 0.2) is 18.2 Å². The van der Waals surface area contributed by atoms with E-state index in [1.807, 2.05) is 13.0 Å². The van der Waals surface area contributed by atoms with Crippen molar-refractivity contribution in [2.75, 3.05) is 18.4 Å². The number of amides is 5. The van der Waals surface area contributed by atoms with Gasteiger partial charge in [0, 0.05) is 5.69 Å². The van der Waals surface area contributed by atoms with Crippen LogP contribution in [0.5, 0.6) is 0 Å². The number of benzene rings is 1. The zero-order valence-corrected chi connectivity index (χ0v) is 13.3. The molecule has 0 atom stereocenters. The van der Waals surface area contributed by atoms with E-state index in [1.165, 1.54) is 0 Å². The number of imide groups is 2. The average Bonchev–Trinajstić information content (AvgIpc) is 2.68. The Labute approximate surface area is 140 Å². The molecule has 0 radical (unpaired) electrons. The van der Waals surface area contributed by atoms with Gasteiger partial charge < -0.3 is 5.32 Å². The Kier molecular flexibility index (Phi) is 4.82. The Morgan fingerprint density at radius 2 is 1.68 bits per heavy atom. The van der Waals surface area contributed by atoms with Crippen LogP contribution in [-0.2, 0) is 14.4 Å². The second kappa shape index (κ2) is 6.54. The number of anilines is 1. The predicted molar refractivity (Wildman–Crippen MR) is 79.4 cm³/mol. The fourth-order valence-corrected chi connectivity index (χ4v) is 2.23. The van der Waals surface area contributed by atoms with Crippen molar-refractivity contribution in [3.8, 4) is 0 Å². The second-order valence-electron chi connectivity index (χ2n) is 5.48. The molecule has 134 valence electrons. The monoisotopic (exact) mass is 357 g/mol. The lowest BCUT2D eigenvalue weighted by Crippen LogP contribution is -2.41. The van der Waals surface area contributed by atoms with Gasteiger partial charge in [0.25, 0.3) is 0 Å². The number of hydrogen-bond donors (Lipinski definition) is 1. The Morgan fingerprint density at radius 1 is 1.08 bits per heavy atom. The lowest BCUT2D eigenvalue weighted by atomic mass is 10.1. The lowest BCUT2D eigenvalue weighted by Gasteiger charge is -2.17. The maximum absolute atomic E-state index is 12.4. The first kappa shape index (κ1) is 18.4. The van der Waals surface area contributed by atoms with Crippen LogP contribution in [0.3, 0.4) is 0 Å². The molecule has 0 unspecified atom stereocenters. The molecule has 0 bridgehead atoms. The van der Waals surface area contributed by atoms with Crippen molar-refractivity contribution in [1.29, 1.82) is 0 Å². The van der Waals surface area contributed by atoms with Gasteiger partial charge in [-0.2, -0.15) is 13.2 Å². The molecule has 1 heterocycles. The summed E-state index contributed by atoms with van der Waals surface area (Å²) < 4.78 is 37.2. The molecule has 25 heavy (non-hydrogen) atoms. The third-order valence-electron chi connectivity index (χ3n) is 3.65. The van der Waals surface area contributed by atoms with E-state index in [-0.39, 0.29) is 9.80 Å².